The Morgan fingerprint density at radius 2 is 1.60 bits per heavy atom. The molecule has 0 spiro atoms. The van der Waals surface area contributed by atoms with Crippen LogP contribution in [-0.4, -0.2) is 26.5 Å². The van der Waals surface area contributed by atoms with Crippen molar-refractivity contribution in [1.82, 2.24) is 19.9 Å². The van der Waals surface area contributed by atoms with Gasteiger partial charge in [0.15, 0.2) is 0 Å². The van der Waals surface area contributed by atoms with Crippen molar-refractivity contribution in [3.8, 4) is 0 Å². The summed E-state index contributed by atoms with van der Waals surface area (Å²) in [4.78, 5) is 15.0. The molecule has 2 rings (SSSR count). The van der Waals surface area contributed by atoms with E-state index in [4.69, 9.17) is 34.8 Å². The number of aromatic nitrogens is 4. The third-order valence-corrected chi connectivity index (χ3v) is 2.48. The Kier molecular flexibility index (Phi) is 7.51. The Balaban J connectivity index is 0.000000217. The number of nitrogens with zero attached hydrogens (tertiary/aromatic N) is 4. The molecule has 0 aliphatic rings. The van der Waals surface area contributed by atoms with E-state index in [1.54, 1.807) is 18.3 Å². The largest absolute Gasteiger partial charge is 0.370 e. The number of anilines is 1. The molecule has 0 atom stereocenters. The monoisotopic (exact) mass is 333 g/mol. The molecule has 0 bridgehead atoms. The predicted molar refractivity (Wildman–Crippen MR) is 82.4 cm³/mol. The molecule has 0 aliphatic heterocycles. The highest BCUT2D eigenvalue weighted by Gasteiger charge is 1.96. The smallest absolute Gasteiger partial charge is 0.224 e. The topological polar surface area (TPSA) is 63.6 Å². The molecule has 0 amide bonds. The number of hydrogen-bond acceptors (Lipinski definition) is 5. The van der Waals surface area contributed by atoms with Crippen LogP contribution in [0.4, 0.5) is 5.82 Å². The van der Waals surface area contributed by atoms with Gasteiger partial charge in [0.2, 0.25) is 10.6 Å². The summed E-state index contributed by atoms with van der Waals surface area (Å²) in [5, 5.41) is 3.97. The zero-order chi connectivity index (χ0) is 15.0. The molecule has 0 radical (unpaired) electrons. The molecule has 8 heteroatoms. The molecule has 0 saturated carbocycles. The highest BCUT2D eigenvalue weighted by molar-refractivity contribution is 6.31. The number of hydrogen-bond donors (Lipinski definition) is 1. The Labute approximate surface area is 132 Å². The minimum Gasteiger partial charge on any atom is -0.370 e. The molecule has 20 heavy (non-hydrogen) atoms. The maximum atomic E-state index is 5.60. The molecule has 2 heterocycles. The average Bonchev–Trinajstić information content (AvgIpc) is 2.37. The SMILES string of the molecule is CC(C)CNc1ccnc(Cl)n1.Clc1ccnc(Cl)n1. The summed E-state index contributed by atoms with van der Waals surface area (Å²) >= 11 is 16.3. The summed E-state index contributed by atoms with van der Waals surface area (Å²) in [5.74, 6) is 1.38. The fraction of sp³-hybridized carbons (Fsp3) is 0.333. The highest BCUT2D eigenvalue weighted by Crippen LogP contribution is 2.06. The molecule has 1 N–H and O–H groups in total. The molecule has 0 aromatic carbocycles. The molecule has 0 saturated heterocycles. The maximum absolute atomic E-state index is 5.60. The van der Waals surface area contributed by atoms with Gasteiger partial charge in [0.1, 0.15) is 11.0 Å². The standard InChI is InChI=1S/C8H12ClN3.C4H2Cl2N2/c1-6(2)5-11-7-3-4-10-8(9)12-7;5-3-1-2-7-4(6)8-3/h3-4,6H,5H2,1-2H3,(H,10,11,12);1-2H. The van der Waals surface area contributed by atoms with Gasteiger partial charge in [-0.15, -0.1) is 0 Å². The van der Waals surface area contributed by atoms with Crippen LogP contribution in [0, 0.1) is 5.92 Å². The van der Waals surface area contributed by atoms with Crippen LogP contribution in [0.25, 0.3) is 0 Å². The first-order valence-corrected chi connectivity index (χ1v) is 6.97. The number of rotatable bonds is 3. The third-order valence-electron chi connectivity index (χ3n) is 1.91. The van der Waals surface area contributed by atoms with Gasteiger partial charge in [0, 0.05) is 18.9 Å². The van der Waals surface area contributed by atoms with Crippen LogP contribution < -0.4 is 5.32 Å². The fourth-order valence-corrected chi connectivity index (χ4v) is 1.53. The average molecular weight is 335 g/mol. The van der Waals surface area contributed by atoms with E-state index in [1.807, 2.05) is 0 Å². The van der Waals surface area contributed by atoms with Crippen LogP contribution in [0.1, 0.15) is 13.8 Å². The van der Waals surface area contributed by atoms with Crippen LogP contribution in [0.15, 0.2) is 24.5 Å². The summed E-state index contributed by atoms with van der Waals surface area (Å²) < 4.78 is 0. The van der Waals surface area contributed by atoms with E-state index in [2.05, 4.69) is 39.1 Å². The second-order valence-corrected chi connectivity index (χ2v) is 5.20. The quantitative estimate of drug-likeness (QED) is 0.679. The molecule has 5 nitrogen and oxygen atoms in total. The Bertz CT molecular complexity index is 519. The predicted octanol–water partition coefficient (Wildman–Crippen LogP) is 3.98. The van der Waals surface area contributed by atoms with Gasteiger partial charge >= 0.3 is 0 Å². The molecular weight excluding hydrogens is 321 g/mol. The molecule has 0 unspecified atom stereocenters. The maximum Gasteiger partial charge on any atom is 0.224 e. The van der Waals surface area contributed by atoms with Gasteiger partial charge in [-0.25, -0.2) is 19.9 Å². The van der Waals surface area contributed by atoms with Crippen molar-refractivity contribution in [2.24, 2.45) is 5.92 Å². The van der Waals surface area contributed by atoms with E-state index in [9.17, 15) is 0 Å². The second kappa shape index (κ2) is 8.89. The molecule has 2 aromatic heterocycles. The molecule has 2 aromatic rings. The van der Waals surface area contributed by atoms with E-state index >= 15 is 0 Å². The lowest BCUT2D eigenvalue weighted by Gasteiger charge is -2.06. The van der Waals surface area contributed by atoms with E-state index < -0.39 is 0 Å². The lowest BCUT2D eigenvalue weighted by atomic mass is 10.2. The molecule has 0 fully saturated rings. The fourth-order valence-electron chi connectivity index (χ4n) is 1.06. The van der Waals surface area contributed by atoms with Crippen LogP contribution in [-0.2, 0) is 0 Å². The van der Waals surface area contributed by atoms with Crippen LogP contribution in [0.2, 0.25) is 15.7 Å². The van der Waals surface area contributed by atoms with Crippen molar-refractivity contribution in [3.05, 3.63) is 40.2 Å². The summed E-state index contributed by atoms with van der Waals surface area (Å²) in [6.07, 6.45) is 3.13. The van der Waals surface area contributed by atoms with E-state index in [0.29, 0.717) is 11.1 Å². The van der Waals surface area contributed by atoms with Gasteiger partial charge in [0.25, 0.3) is 0 Å². The van der Waals surface area contributed by atoms with Crippen molar-refractivity contribution in [2.75, 3.05) is 11.9 Å². The van der Waals surface area contributed by atoms with Crippen molar-refractivity contribution in [2.45, 2.75) is 13.8 Å². The van der Waals surface area contributed by atoms with Crippen LogP contribution in [0.5, 0.6) is 0 Å². The Morgan fingerprint density at radius 3 is 2.05 bits per heavy atom. The summed E-state index contributed by atoms with van der Waals surface area (Å²) in [5.41, 5.74) is 0. The molecule has 0 aliphatic carbocycles. The van der Waals surface area contributed by atoms with Crippen molar-refractivity contribution in [3.63, 3.8) is 0 Å². The van der Waals surface area contributed by atoms with Gasteiger partial charge in [-0.3, -0.25) is 0 Å². The number of halogens is 3. The van der Waals surface area contributed by atoms with Gasteiger partial charge in [0.05, 0.1) is 0 Å². The van der Waals surface area contributed by atoms with Crippen LogP contribution >= 0.6 is 34.8 Å². The molecule has 108 valence electrons. The van der Waals surface area contributed by atoms with Crippen molar-refractivity contribution in [1.29, 1.82) is 0 Å². The summed E-state index contributed by atoms with van der Waals surface area (Å²) in [6.45, 7) is 5.17. The van der Waals surface area contributed by atoms with Gasteiger partial charge in [-0.05, 0) is 41.3 Å². The highest BCUT2D eigenvalue weighted by atomic mass is 35.5. The lowest BCUT2D eigenvalue weighted by Crippen LogP contribution is -2.09. The van der Waals surface area contributed by atoms with Gasteiger partial charge < -0.3 is 5.32 Å². The first-order valence-electron chi connectivity index (χ1n) is 5.84. The minimum absolute atomic E-state index is 0.178. The summed E-state index contributed by atoms with van der Waals surface area (Å²) in [7, 11) is 0. The van der Waals surface area contributed by atoms with E-state index in [0.717, 1.165) is 12.4 Å². The van der Waals surface area contributed by atoms with Gasteiger partial charge in [-0.2, -0.15) is 0 Å². The summed E-state index contributed by atoms with van der Waals surface area (Å²) in [6, 6.07) is 3.36. The van der Waals surface area contributed by atoms with E-state index in [1.165, 1.54) is 6.20 Å². The van der Waals surface area contributed by atoms with Gasteiger partial charge in [-0.1, -0.05) is 25.4 Å². The zero-order valence-corrected chi connectivity index (χ0v) is 13.3. The minimum atomic E-state index is 0.178. The van der Waals surface area contributed by atoms with Crippen molar-refractivity contribution < 1.29 is 0 Å². The Morgan fingerprint density at radius 1 is 1.00 bits per heavy atom. The number of nitrogens with one attached hydrogen (secondary N) is 1. The van der Waals surface area contributed by atoms with E-state index in [-0.39, 0.29) is 10.6 Å². The first-order chi connectivity index (χ1) is 9.47. The van der Waals surface area contributed by atoms with Crippen molar-refractivity contribution >= 4 is 40.6 Å². The third kappa shape index (κ3) is 7.43. The zero-order valence-electron chi connectivity index (χ0n) is 11.0. The first kappa shape index (κ1) is 16.9. The van der Waals surface area contributed by atoms with Crippen LogP contribution in [0.3, 0.4) is 0 Å². The molecular formula is C12H14Cl3N5. The second-order valence-electron chi connectivity index (χ2n) is 4.13. The lowest BCUT2D eigenvalue weighted by molar-refractivity contribution is 0.687. The Hall–Kier alpha value is -1.17. The normalized spacial score (nSPS) is 9.90.